The van der Waals surface area contributed by atoms with Gasteiger partial charge in [0.1, 0.15) is 0 Å². The molecule has 3 rings (SSSR count). The number of thioether (sulfide) groups is 1. The first-order valence-corrected chi connectivity index (χ1v) is 11.0. The van der Waals surface area contributed by atoms with Crippen LogP contribution in [0.3, 0.4) is 0 Å². The van der Waals surface area contributed by atoms with E-state index in [-0.39, 0.29) is 17.6 Å². The molecule has 0 radical (unpaired) electrons. The van der Waals surface area contributed by atoms with Gasteiger partial charge in [-0.05, 0) is 36.2 Å². The van der Waals surface area contributed by atoms with Crippen LogP contribution in [0.25, 0.3) is 11.6 Å². The van der Waals surface area contributed by atoms with E-state index in [2.05, 4.69) is 22.4 Å². The number of amides is 1. The molecule has 29 heavy (non-hydrogen) atoms. The summed E-state index contributed by atoms with van der Waals surface area (Å²) in [5, 5.41) is 13.2. The summed E-state index contributed by atoms with van der Waals surface area (Å²) in [4.78, 5) is 12.4. The summed E-state index contributed by atoms with van der Waals surface area (Å²) in [6, 6.07) is 9.11. The van der Waals surface area contributed by atoms with Gasteiger partial charge >= 0.3 is 0 Å². The van der Waals surface area contributed by atoms with Crippen LogP contribution < -0.4 is 5.32 Å². The van der Waals surface area contributed by atoms with Crippen molar-refractivity contribution in [3.8, 4) is 11.6 Å². The summed E-state index contributed by atoms with van der Waals surface area (Å²) < 4.78 is 7.16. The number of furan rings is 1. The van der Waals surface area contributed by atoms with Crippen molar-refractivity contribution in [3.63, 3.8) is 0 Å². The number of aromatic nitrogens is 3. The highest BCUT2D eigenvalue weighted by molar-refractivity contribution is 7.99. The quantitative estimate of drug-likeness (QED) is 0.453. The molecule has 1 aromatic carbocycles. The second kappa shape index (κ2) is 10.2. The maximum atomic E-state index is 12.4. The van der Waals surface area contributed by atoms with Crippen molar-refractivity contribution in [3.05, 3.63) is 52.2 Å². The molecule has 2 aromatic heterocycles. The van der Waals surface area contributed by atoms with E-state index in [1.165, 1.54) is 11.8 Å². The Morgan fingerprint density at radius 2 is 2.14 bits per heavy atom. The van der Waals surface area contributed by atoms with Crippen LogP contribution >= 0.6 is 35.0 Å². The fourth-order valence-corrected chi connectivity index (χ4v) is 4.33. The number of carbonyl (C=O) groups excluding carboxylic acids is 1. The van der Waals surface area contributed by atoms with Crippen molar-refractivity contribution in [2.45, 2.75) is 30.8 Å². The fraction of sp³-hybridized carbons (Fsp3) is 0.350. The third-order valence-electron chi connectivity index (χ3n) is 4.49. The number of hydrogen-bond acceptors (Lipinski definition) is 5. The van der Waals surface area contributed by atoms with Crippen LogP contribution in [0.15, 0.2) is 46.2 Å². The highest BCUT2D eigenvalue weighted by Gasteiger charge is 2.17. The number of carbonyl (C=O) groups is 1. The summed E-state index contributed by atoms with van der Waals surface area (Å²) >= 11 is 13.7. The van der Waals surface area contributed by atoms with Gasteiger partial charge in [0.25, 0.3) is 0 Å². The van der Waals surface area contributed by atoms with Crippen LogP contribution in [-0.4, -0.2) is 33.0 Å². The Kier molecular flexibility index (Phi) is 7.64. The maximum Gasteiger partial charge on any atom is 0.230 e. The smallest absolute Gasteiger partial charge is 0.230 e. The van der Waals surface area contributed by atoms with Crippen molar-refractivity contribution >= 4 is 40.9 Å². The van der Waals surface area contributed by atoms with E-state index in [0.717, 1.165) is 18.4 Å². The molecule has 154 valence electrons. The molecule has 0 fully saturated rings. The van der Waals surface area contributed by atoms with Crippen molar-refractivity contribution in [2.24, 2.45) is 7.05 Å². The van der Waals surface area contributed by atoms with Gasteiger partial charge < -0.3 is 14.3 Å². The van der Waals surface area contributed by atoms with Gasteiger partial charge in [-0.25, -0.2) is 0 Å². The normalized spacial score (nSPS) is 12.1. The van der Waals surface area contributed by atoms with E-state index in [1.807, 2.05) is 29.8 Å². The minimum Gasteiger partial charge on any atom is -0.461 e. The summed E-state index contributed by atoms with van der Waals surface area (Å²) in [5.41, 5.74) is 1.00. The minimum absolute atomic E-state index is 0.0660. The van der Waals surface area contributed by atoms with Gasteiger partial charge in [0.05, 0.1) is 12.0 Å². The van der Waals surface area contributed by atoms with Crippen LogP contribution in [-0.2, 0) is 11.8 Å². The molecule has 9 heteroatoms. The number of rotatable bonds is 9. The second-order valence-corrected chi connectivity index (χ2v) is 8.37. The summed E-state index contributed by atoms with van der Waals surface area (Å²) in [6.07, 6.45) is 3.50. The van der Waals surface area contributed by atoms with E-state index in [4.69, 9.17) is 27.6 Å². The highest BCUT2D eigenvalue weighted by Crippen LogP contribution is 2.30. The molecule has 0 unspecified atom stereocenters. The van der Waals surface area contributed by atoms with Gasteiger partial charge in [-0.1, -0.05) is 54.4 Å². The lowest BCUT2D eigenvalue weighted by Gasteiger charge is -2.19. The molecule has 2 heterocycles. The molecular weight excluding hydrogens is 431 g/mol. The third-order valence-corrected chi connectivity index (χ3v) is 6.08. The second-order valence-electron chi connectivity index (χ2n) is 6.59. The Morgan fingerprint density at radius 1 is 1.31 bits per heavy atom. The molecule has 0 spiro atoms. The van der Waals surface area contributed by atoms with Gasteiger partial charge in [0, 0.05) is 29.6 Å². The van der Waals surface area contributed by atoms with Gasteiger partial charge in [-0.2, -0.15) is 0 Å². The molecule has 1 amide bonds. The lowest BCUT2D eigenvalue weighted by Crippen LogP contribution is -2.30. The van der Waals surface area contributed by atoms with E-state index < -0.39 is 0 Å². The van der Waals surface area contributed by atoms with Crippen LogP contribution in [0.2, 0.25) is 10.0 Å². The zero-order valence-electron chi connectivity index (χ0n) is 16.2. The van der Waals surface area contributed by atoms with Crippen LogP contribution in [0.4, 0.5) is 0 Å². The molecule has 6 nitrogen and oxygen atoms in total. The Labute approximate surface area is 184 Å². The van der Waals surface area contributed by atoms with Gasteiger partial charge in [0.2, 0.25) is 5.91 Å². The molecule has 1 N–H and O–H groups in total. The first kappa shape index (κ1) is 21.7. The maximum absolute atomic E-state index is 12.4. The lowest BCUT2D eigenvalue weighted by molar-refractivity contribution is -0.118. The minimum atomic E-state index is -0.0660. The number of nitrogens with one attached hydrogen (secondary N) is 1. The molecule has 0 saturated carbocycles. The molecular formula is C20H22Cl2N4O2S. The topological polar surface area (TPSA) is 73.0 Å². The zero-order valence-corrected chi connectivity index (χ0v) is 18.5. The molecule has 0 aliphatic carbocycles. The monoisotopic (exact) mass is 452 g/mol. The first-order valence-electron chi connectivity index (χ1n) is 9.27. The van der Waals surface area contributed by atoms with E-state index in [9.17, 15) is 4.79 Å². The fourth-order valence-electron chi connectivity index (χ4n) is 3.03. The van der Waals surface area contributed by atoms with Crippen LogP contribution in [0.1, 0.15) is 31.2 Å². The summed E-state index contributed by atoms with van der Waals surface area (Å²) in [6.45, 7) is 2.63. The van der Waals surface area contributed by atoms with Gasteiger partial charge in [-0.15, -0.1) is 10.2 Å². The summed E-state index contributed by atoms with van der Waals surface area (Å²) in [5.74, 6) is 1.58. The number of benzene rings is 1. The van der Waals surface area contributed by atoms with E-state index in [0.29, 0.717) is 33.3 Å². The predicted octanol–water partition coefficient (Wildman–Crippen LogP) is 5.17. The van der Waals surface area contributed by atoms with Crippen molar-refractivity contribution in [1.82, 2.24) is 20.1 Å². The van der Waals surface area contributed by atoms with Crippen molar-refractivity contribution < 1.29 is 9.21 Å². The number of halogens is 2. The van der Waals surface area contributed by atoms with Crippen molar-refractivity contribution in [2.75, 3.05) is 12.3 Å². The highest BCUT2D eigenvalue weighted by atomic mass is 35.5. The van der Waals surface area contributed by atoms with E-state index in [1.54, 1.807) is 18.4 Å². The van der Waals surface area contributed by atoms with Crippen molar-refractivity contribution in [1.29, 1.82) is 0 Å². The largest absolute Gasteiger partial charge is 0.461 e. The number of nitrogens with zero attached hydrogens (tertiary/aromatic N) is 3. The average molecular weight is 453 g/mol. The standard InChI is InChI=1S/C20H22Cl2N4O2S/c1-3-5-13(15-8-7-14(21)10-16(15)22)11-23-18(27)12-29-20-25-24-19(26(20)2)17-6-4-9-28-17/h4,6-10,13H,3,5,11-12H2,1-2H3,(H,23,27)/t13-/m0/s1. The Hall–Kier alpha value is -1.96. The Morgan fingerprint density at radius 3 is 2.83 bits per heavy atom. The van der Waals surface area contributed by atoms with Gasteiger partial charge in [0.15, 0.2) is 16.7 Å². The van der Waals surface area contributed by atoms with Gasteiger partial charge in [-0.3, -0.25) is 4.79 Å². The molecule has 0 saturated heterocycles. The lowest BCUT2D eigenvalue weighted by atomic mass is 9.94. The molecule has 3 aromatic rings. The van der Waals surface area contributed by atoms with Crippen LogP contribution in [0, 0.1) is 0 Å². The van der Waals surface area contributed by atoms with Crippen LogP contribution in [0.5, 0.6) is 0 Å². The molecule has 0 aliphatic rings. The van der Waals surface area contributed by atoms with E-state index >= 15 is 0 Å². The third kappa shape index (κ3) is 5.56. The first-order chi connectivity index (χ1) is 14.0. The molecule has 0 aliphatic heterocycles. The molecule has 0 bridgehead atoms. The molecule has 1 atom stereocenters. The SMILES string of the molecule is CCC[C@@H](CNC(=O)CSc1nnc(-c2ccco2)n1C)c1ccc(Cl)cc1Cl. The zero-order chi connectivity index (χ0) is 20.8. The average Bonchev–Trinajstić information content (AvgIpc) is 3.33. The Bertz CT molecular complexity index is 960. The predicted molar refractivity (Wildman–Crippen MR) is 117 cm³/mol. The summed E-state index contributed by atoms with van der Waals surface area (Å²) in [7, 11) is 1.85. The Balaban J connectivity index is 1.56. The number of hydrogen-bond donors (Lipinski definition) is 1.